The predicted octanol–water partition coefficient (Wildman–Crippen LogP) is 3.32. The lowest BCUT2D eigenvalue weighted by Crippen LogP contribution is -2.42. The van der Waals surface area contributed by atoms with Crippen LogP contribution in [0.15, 0.2) is 29.2 Å². The molecule has 1 fully saturated rings. The summed E-state index contributed by atoms with van der Waals surface area (Å²) in [5.74, 6) is 1.46. The minimum absolute atomic E-state index is 0.0875. The van der Waals surface area contributed by atoms with Crippen LogP contribution in [0.4, 0.5) is 5.69 Å². The zero-order valence-corrected chi connectivity index (χ0v) is 13.4. The number of hydrogen-bond donors (Lipinski definition) is 1. The Morgan fingerprint density at radius 2 is 2.05 bits per heavy atom. The van der Waals surface area contributed by atoms with Gasteiger partial charge in [0.05, 0.1) is 6.54 Å². The highest BCUT2D eigenvalue weighted by atomic mass is 32.2. The number of rotatable bonds is 4. The first-order valence-electron chi connectivity index (χ1n) is 7.23. The molecule has 1 aliphatic heterocycles. The third kappa shape index (κ3) is 4.53. The van der Waals surface area contributed by atoms with Crippen LogP contribution in [0.3, 0.4) is 0 Å². The lowest BCUT2D eigenvalue weighted by Gasteiger charge is -2.34. The van der Waals surface area contributed by atoms with E-state index in [-0.39, 0.29) is 5.91 Å². The summed E-state index contributed by atoms with van der Waals surface area (Å²) < 4.78 is 0. The van der Waals surface area contributed by atoms with Crippen molar-refractivity contribution >= 4 is 23.4 Å². The Hall–Kier alpha value is -1.00. The van der Waals surface area contributed by atoms with Crippen LogP contribution in [-0.4, -0.2) is 36.7 Å². The molecule has 3 nitrogen and oxygen atoms in total. The SMILES string of the molecule is CSc1cccc(NC(=O)CN2C[C@H](C)C[C@H](C)C2)c1. The first kappa shape index (κ1) is 15.4. The summed E-state index contributed by atoms with van der Waals surface area (Å²) >= 11 is 1.68. The van der Waals surface area contributed by atoms with Gasteiger partial charge in [0.1, 0.15) is 0 Å². The van der Waals surface area contributed by atoms with Crippen molar-refractivity contribution < 1.29 is 4.79 Å². The largest absolute Gasteiger partial charge is 0.325 e. The highest BCUT2D eigenvalue weighted by Gasteiger charge is 2.23. The fourth-order valence-electron chi connectivity index (χ4n) is 3.03. The Balaban J connectivity index is 1.88. The number of benzene rings is 1. The molecule has 0 saturated carbocycles. The average Bonchev–Trinajstić information content (AvgIpc) is 2.37. The van der Waals surface area contributed by atoms with E-state index < -0.39 is 0 Å². The van der Waals surface area contributed by atoms with Crippen LogP contribution >= 0.6 is 11.8 Å². The number of amides is 1. The van der Waals surface area contributed by atoms with Crippen molar-refractivity contribution in [2.45, 2.75) is 25.2 Å². The van der Waals surface area contributed by atoms with Gasteiger partial charge in [-0.25, -0.2) is 0 Å². The molecule has 0 bridgehead atoms. The molecule has 0 radical (unpaired) electrons. The Morgan fingerprint density at radius 3 is 2.70 bits per heavy atom. The van der Waals surface area contributed by atoms with E-state index in [0.29, 0.717) is 18.4 Å². The molecule has 0 aromatic heterocycles. The number of nitrogens with zero attached hydrogens (tertiary/aromatic N) is 1. The molecule has 0 spiro atoms. The number of hydrogen-bond acceptors (Lipinski definition) is 3. The maximum absolute atomic E-state index is 12.1. The van der Waals surface area contributed by atoms with Gasteiger partial charge in [-0.1, -0.05) is 19.9 Å². The molecule has 1 aromatic rings. The van der Waals surface area contributed by atoms with Crippen molar-refractivity contribution in [3.05, 3.63) is 24.3 Å². The number of carbonyl (C=O) groups excluding carboxylic acids is 1. The molecular weight excluding hydrogens is 268 g/mol. The summed E-state index contributed by atoms with van der Waals surface area (Å²) in [6.45, 7) is 7.09. The highest BCUT2D eigenvalue weighted by molar-refractivity contribution is 7.98. The summed E-state index contributed by atoms with van der Waals surface area (Å²) in [5, 5.41) is 3.00. The zero-order valence-electron chi connectivity index (χ0n) is 12.6. The number of thioether (sulfide) groups is 1. The van der Waals surface area contributed by atoms with E-state index in [4.69, 9.17) is 0 Å². The molecule has 4 heteroatoms. The van der Waals surface area contributed by atoms with Gasteiger partial charge in [0.15, 0.2) is 0 Å². The van der Waals surface area contributed by atoms with Crippen LogP contribution in [0.5, 0.6) is 0 Å². The molecule has 1 amide bonds. The third-order valence-corrected chi connectivity index (χ3v) is 4.39. The molecule has 110 valence electrons. The average molecular weight is 292 g/mol. The van der Waals surface area contributed by atoms with Crippen molar-refractivity contribution in [2.24, 2.45) is 11.8 Å². The predicted molar refractivity (Wildman–Crippen MR) is 86.2 cm³/mol. The summed E-state index contributed by atoms with van der Waals surface area (Å²) in [5.41, 5.74) is 0.889. The van der Waals surface area contributed by atoms with E-state index >= 15 is 0 Å². The molecule has 1 heterocycles. The quantitative estimate of drug-likeness (QED) is 0.864. The number of likely N-dealkylation sites (tertiary alicyclic amines) is 1. The molecule has 2 rings (SSSR count). The Bertz CT molecular complexity index is 454. The maximum Gasteiger partial charge on any atom is 0.238 e. The number of piperidine rings is 1. The van der Waals surface area contributed by atoms with Crippen molar-refractivity contribution in [3.63, 3.8) is 0 Å². The Labute approximate surface area is 126 Å². The van der Waals surface area contributed by atoms with Crippen LogP contribution in [0.1, 0.15) is 20.3 Å². The van der Waals surface area contributed by atoms with E-state index in [9.17, 15) is 4.79 Å². The van der Waals surface area contributed by atoms with Crippen LogP contribution in [0.2, 0.25) is 0 Å². The standard InChI is InChI=1S/C16H24N2OS/c1-12-7-13(2)10-18(9-12)11-16(19)17-14-5-4-6-15(8-14)20-3/h4-6,8,12-13H,7,9-11H2,1-3H3,(H,17,19)/t12-,13+. The molecule has 1 aliphatic rings. The smallest absolute Gasteiger partial charge is 0.238 e. The zero-order chi connectivity index (χ0) is 14.5. The molecule has 1 aromatic carbocycles. The second-order valence-electron chi connectivity index (χ2n) is 5.92. The summed E-state index contributed by atoms with van der Waals surface area (Å²) in [4.78, 5) is 15.6. The summed E-state index contributed by atoms with van der Waals surface area (Å²) in [6.07, 6.45) is 3.31. The van der Waals surface area contributed by atoms with Gasteiger partial charge in [-0.2, -0.15) is 0 Å². The minimum Gasteiger partial charge on any atom is -0.325 e. The number of carbonyl (C=O) groups is 1. The van der Waals surface area contributed by atoms with Gasteiger partial charge in [-0.15, -0.1) is 11.8 Å². The van der Waals surface area contributed by atoms with Crippen LogP contribution in [0.25, 0.3) is 0 Å². The summed E-state index contributed by atoms with van der Waals surface area (Å²) in [6, 6.07) is 7.99. The molecule has 1 N–H and O–H groups in total. The normalized spacial score (nSPS) is 23.6. The topological polar surface area (TPSA) is 32.3 Å². The lowest BCUT2D eigenvalue weighted by atomic mass is 9.92. The minimum atomic E-state index is 0.0875. The van der Waals surface area contributed by atoms with Crippen molar-refractivity contribution in [1.29, 1.82) is 0 Å². The number of nitrogens with one attached hydrogen (secondary N) is 1. The lowest BCUT2D eigenvalue weighted by molar-refractivity contribution is -0.117. The molecular formula is C16H24N2OS. The van der Waals surface area contributed by atoms with Gasteiger partial charge in [-0.05, 0) is 42.7 Å². The van der Waals surface area contributed by atoms with Crippen molar-refractivity contribution in [3.8, 4) is 0 Å². The maximum atomic E-state index is 12.1. The van der Waals surface area contributed by atoms with E-state index in [1.807, 2.05) is 30.5 Å². The molecule has 0 aliphatic carbocycles. The van der Waals surface area contributed by atoms with Crippen molar-refractivity contribution in [1.82, 2.24) is 4.90 Å². The number of anilines is 1. The van der Waals surface area contributed by atoms with Crippen LogP contribution < -0.4 is 5.32 Å². The fraction of sp³-hybridized carbons (Fsp3) is 0.562. The van der Waals surface area contributed by atoms with Gasteiger partial charge >= 0.3 is 0 Å². The first-order valence-corrected chi connectivity index (χ1v) is 8.45. The van der Waals surface area contributed by atoms with Gasteiger partial charge in [-0.3, -0.25) is 9.69 Å². The first-order chi connectivity index (χ1) is 9.56. The van der Waals surface area contributed by atoms with E-state index in [1.54, 1.807) is 11.8 Å². The molecule has 0 unspecified atom stereocenters. The monoisotopic (exact) mass is 292 g/mol. The Kier molecular flexibility index (Phi) is 5.49. The van der Waals surface area contributed by atoms with Crippen LogP contribution in [-0.2, 0) is 4.79 Å². The van der Waals surface area contributed by atoms with Gasteiger partial charge in [0.2, 0.25) is 5.91 Å². The van der Waals surface area contributed by atoms with Crippen LogP contribution in [0, 0.1) is 11.8 Å². The van der Waals surface area contributed by atoms with E-state index in [2.05, 4.69) is 24.1 Å². The fourth-order valence-corrected chi connectivity index (χ4v) is 3.49. The highest BCUT2D eigenvalue weighted by Crippen LogP contribution is 2.21. The second-order valence-corrected chi connectivity index (χ2v) is 6.80. The second kappa shape index (κ2) is 7.14. The molecule has 2 atom stereocenters. The van der Waals surface area contributed by atoms with Gasteiger partial charge in [0.25, 0.3) is 0 Å². The summed E-state index contributed by atoms with van der Waals surface area (Å²) in [7, 11) is 0. The van der Waals surface area contributed by atoms with Gasteiger partial charge in [0, 0.05) is 23.7 Å². The molecule has 1 saturated heterocycles. The van der Waals surface area contributed by atoms with E-state index in [0.717, 1.165) is 18.8 Å². The van der Waals surface area contributed by atoms with Crippen molar-refractivity contribution in [2.75, 3.05) is 31.2 Å². The third-order valence-electron chi connectivity index (χ3n) is 3.67. The van der Waals surface area contributed by atoms with Gasteiger partial charge < -0.3 is 5.32 Å². The molecule has 20 heavy (non-hydrogen) atoms. The Morgan fingerprint density at radius 1 is 1.35 bits per heavy atom. The van der Waals surface area contributed by atoms with E-state index in [1.165, 1.54) is 11.3 Å².